The van der Waals surface area contributed by atoms with Gasteiger partial charge in [0.2, 0.25) is 6.39 Å². The fraction of sp³-hybridized carbons (Fsp3) is 0.636. The van der Waals surface area contributed by atoms with Crippen LogP contribution in [0.25, 0.3) is 0 Å². The number of urea groups is 1. The van der Waals surface area contributed by atoms with E-state index in [4.69, 9.17) is 0 Å². The topological polar surface area (TPSA) is 117 Å². The van der Waals surface area contributed by atoms with Gasteiger partial charge >= 0.3 is 12.0 Å². The molecule has 106 valence electrons. The highest BCUT2D eigenvalue weighted by atomic mass is 16.5. The number of aromatic nitrogens is 2. The number of hydrogen-bond donors (Lipinski definition) is 3. The molecule has 3 N–H and O–H groups in total. The lowest BCUT2D eigenvalue weighted by Crippen LogP contribution is -2.56. The smallest absolute Gasteiger partial charge is 0.329 e. The van der Waals surface area contributed by atoms with Crippen LogP contribution in [0.3, 0.4) is 0 Å². The second-order valence-electron chi connectivity index (χ2n) is 4.07. The van der Waals surface area contributed by atoms with Crippen LogP contribution in [-0.4, -0.2) is 39.3 Å². The molecule has 0 unspecified atom stereocenters. The molecule has 0 saturated carbocycles. The molecular formula is C11H18N4O4. The van der Waals surface area contributed by atoms with E-state index < -0.39 is 17.5 Å². The molecule has 0 saturated heterocycles. The molecule has 1 aromatic rings. The molecule has 0 fully saturated rings. The van der Waals surface area contributed by atoms with E-state index in [2.05, 4.69) is 25.3 Å². The van der Waals surface area contributed by atoms with Gasteiger partial charge in [0.15, 0.2) is 5.82 Å². The van der Waals surface area contributed by atoms with Crippen molar-refractivity contribution in [1.29, 1.82) is 0 Å². The van der Waals surface area contributed by atoms with Crippen molar-refractivity contribution in [3.05, 3.63) is 12.2 Å². The van der Waals surface area contributed by atoms with Crippen LogP contribution in [0.2, 0.25) is 0 Å². The van der Waals surface area contributed by atoms with Gasteiger partial charge in [0, 0.05) is 13.0 Å². The largest absolute Gasteiger partial charge is 0.480 e. The summed E-state index contributed by atoms with van der Waals surface area (Å²) in [7, 11) is 0. The third kappa shape index (κ3) is 3.94. The molecular weight excluding hydrogens is 252 g/mol. The lowest BCUT2D eigenvalue weighted by atomic mass is 9.93. The number of amides is 2. The zero-order chi connectivity index (χ0) is 14.3. The summed E-state index contributed by atoms with van der Waals surface area (Å²) in [5, 5.41) is 17.8. The van der Waals surface area contributed by atoms with Crippen molar-refractivity contribution in [3.8, 4) is 0 Å². The van der Waals surface area contributed by atoms with E-state index in [0.29, 0.717) is 31.6 Å². The molecule has 0 aliphatic heterocycles. The Hall–Kier alpha value is -2.12. The number of carboxylic acid groups (broad SMARTS) is 1. The third-order valence-electron chi connectivity index (χ3n) is 3.01. The van der Waals surface area contributed by atoms with Crippen molar-refractivity contribution in [2.24, 2.45) is 0 Å². The monoisotopic (exact) mass is 270 g/mol. The van der Waals surface area contributed by atoms with Gasteiger partial charge in [-0.1, -0.05) is 19.0 Å². The Kier molecular flexibility index (Phi) is 5.28. The van der Waals surface area contributed by atoms with Crippen molar-refractivity contribution >= 4 is 12.0 Å². The molecule has 1 heterocycles. The fourth-order valence-corrected chi connectivity index (χ4v) is 1.63. The highest BCUT2D eigenvalue weighted by Gasteiger charge is 2.36. The van der Waals surface area contributed by atoms with Gasteiger partial charge in [-0.25, -0.2) is 9.59 Å². The van der Waals surface area contributed by atoms with E-state index in [1.165, 1.54) is 6.39 Å². The van der Waals surface area contributed by atoms with E-state index >= 15 is 0 Å². The first kappa shape index (κ1) is 14.9. The number of carbonyl (C=O) groups excluding carboxylic acids is 1. The Bertz CT molecular complexity index is 414. The van der Waals surface area contributed by atoms with Crippen LogP contribution in [0.4, 0.5) is 4.79 Å². The molecule has 8 nitrogen and oxygen atoms in total. The molecule has 0 aliphatic rings. The second-order valence-corrected chi connectivity index (χ2v) is 4.07. The van der Waals surface area contributed by atoms with Crippen LogP contribution in [0, 0.1) is 0 Å². The van der Waals surface area contributed by atoms with Crippen LogP contribution in [0.1, 0.15) is 32.5 Å². The lowest BCUT2D eigenvalue weighted by Gasteiger charge is -2.27. The summed E-state index contributed by atoms with van der Waals surface area (Å²) in [5.74, 6) is -0.554. The van der Waals surface area contributed by atoms with Crippen molar-refractivity contribution in [2.45, 2.75) is 38.6 Å². The average Bonchev–Trinajstić information content (AvgIpc) is 2.89. The van der Waals surface area contributed by atoms with E-state index in [9.17, 15) is 14.7 Å². The first-order valence-corrected chi connectivity index (χ1v) is 6.08. The Labute approximate surface area is 110 Å². The van der Waals surface area contributed by atoms with Crippen LogP contribution in [0.5, 0.6) is 0 Å². The molecule has 0 aromatic carbocycles. The van der Waals surface area contributed by atoms with Crippen LogP contribution < -0.4 is 10.6 Å². The molecule has 0 atom stereocenters. The molecule has 8 heteroatoms. The minimum absolute atomic E-state index is 0.300. The van der Waals surface area contributed by atoms with Gasteiger partial charge in [0.1, 0.15) is 5.54 Å². The molecule has 0 aliphatic carbocycles. The standard InChI is InChI=1S/C11H18N4O4/c1-3-11(4-2,9(16)17)14-10(18)12-6-5-8-13-7-19-15-8/h7H,3-6H2,1-2H3,(H,16,17)(H2,12,14,18). The molecule has 0 bridgehead atoms. The number of aliphatic carboxylic acids is 1. The van der Waals surface area contributed by atoms with Crippen molar-refractivity contribution < 1.29 is 19.2 Å². The third-order valence-corrected chi connectivity index (χ3v) is 3.01. The van der Waals surface area contributed by atoms with Crippen molar-refractivity contribution in [3.63, 3.8) is 0 Å². The summed E-state index contributed by atoms with van der Waals surface area (Å²) < 4.78 is 4.55. The number of hydrogen-bond acceptors (Lipinski definition) is 5. The van der Waals surface area contributed by atoms with E-state index in [-0.39, 0.29) is 0 Å². The van der Waals surface area contributed by atoms with E-state index in [1.54, 1.807) is 13.8 Å². The minimum atomic E-state index is -1.23. The average molecular weight is 270 g/mol. The number of nitrogens with zero attached hydrogens (tertiary/aromatic N) is 2. The van der Waals surface area contributed by atoms with Crippen LogP contribution in [-0.2, 0) is 11.2 Å². The van der Waals surface area contributed by atoms with Gasteiger partial charge in [-0.05, 0) is 12.8 Å². The van der Waals surface area contributed by atoms with Gasteiger partial charge in [-0.15, -0.1) is 0 Å². The highest BCUT2D eigenvalue weighted by Crippen LogP contribution is 2.14. The van der Waals surface area contributed by atoms with Gasteiger partial charge in [-0.2, -0.15) is 4.98 Å². The summed E-state index contributed by atoms with van der Waals surface area (Å²) in [6.07, 6.45) is 2.26. The second kappa shape index (κ2) is 6.72. The van der Waals surface area contributed by atoms with Crippen molar-refractivity contribution in [1.82, 2.24) is 20.8 Å². The van der Waals surface area contributed by atoms with Crippen LogP contribution >= 0.6 is 0 Å². The number of nitrogens with one attached hydrogen (secondary N) is 2. The maximum absolute atomic E-state index is 11.7. The minimum Gasteiger partial charge on any atom is -0.480 e. The van der Waals surface area contributed by atoms with Crippen LogP contribution in [0.15, 0.2) is 10.9 Å². The molecule has 1 rings (SSSR count). The molecule has 2 amide bonds. The van der Waals surface area contributed by atoms with Gasteiger partial charge in [0.05, 0.1) is 0 Å². The Morgan fingerprint density at radius 1 is 1.42 bits per heavy atom. The van der Waals surface area contributed by atoms with Gasteiger partial charge in [0.25, 0.3) is 0 Å². The Morgan fingerprint density at radius 3 is 2.58 bits per heavy atom. The normalized spacial score (nSPS) is 11.1. The van der Waals surface area contributed by atoms with Gasteiger partial charge < -0.3 is 20.3 Å². The SMILES string of the molecule is CCC(CC)(NC(=O)NCCc1ncon1)C(=O)O. The first-order valence-electron chi connectivity index (χ1n) is 6.08. The quantitative estimate of drug-likeness (QED) is 0.666. The maximum atomic E-state index is 11.7. The number of carboxylic acids is 1. The van der Waals surface area contributed by atoms with Crippen molar-refractivity contribution in [2.75, 3.05) is 6.54 Å². The summed E-state index contributed by atoms with van der Waals surface area (Å²) in [6.45, 7) is 3.74. The molecule has 1 aromatic heterocycles. The first-order chi connectivity index (χ1) is 9.04. The molecule has 19 heavy (non-hydrogen) atoms. The number of carbonyl (C=O) groups is 2. The Balaban J connectivity index is 2.43. The molecule has 0 spiro atoms. The number of rotatable bonds is 7. The predicted molar refractivity (Wildman–Crippen MR) is 65.5 cm³/mol. The highest BCUT2D eigenvalue weighted by molar-refractivity contribution is 5.86. The summed E-state index contributed by atoms with van der Waals surface area (Å²) >= 11 is 0. The summed E-state index contributed by atoms with van der Waals surface area (Å²) in [6, 6.07) is -0.519. The lowest BCUT2D eigenvalue weighted by molar-refractivity contribution is -0.144. The zero-order valence-corrected chi connectivity index (χ0v) is 11.0. The summed E-state index contributed by atoms with van der Waals surface area (Å²) in [5.41, 5.74) is -1.23. The molecule has 0 radical (unpaired) electrons. The predicted octanol–water partition coefficient (Wildman–Crippen LogP) is 0.555. The fourth-order valence-electron chi connectivity index (χ4n) is 1.63. The summed E-state index contributed by atoms with van der Waals surface area (Å²) in [4.78, 5) is 26.7. The zero-order valence-electron chi connectivity index (χ0n) is 11.0. The van der Waals surface area contributed by atoms with E-state index in [0.717, 1.165) is 0 Å². The Morgan fingerprint density at radius 2 is 2.11 bits per heavy atom. The van der Waals surface area contributed by atoms with E-state index in [1.807, 2.05) is 0 Å². The van der Waals surface area contributed by atoms with Gasteiger partial charge in [-0.3, -0.25) is 0 Å². The maximum Gasteiger partial charge on any atom is 0.329 e.